The van der Waals surface area contributed by atoms with Crippen LogP contribution in [-0.4, -0.2) is 35.1 Å². The molecule has 1 aromatic carbocycles. The topological polar surface area (TPSA) is 40.5 Å². The molecule has 0 aliphatic heterocycles. The van der Waals surface area contributed by atoms with Crippen molar-refractivity contribution in [3.05, 3.63) is 35.9 Å². The summed E-state index contributed by atoms with van der Waals surface area (Å²) < 4.78 is 0. The van der Waals surface area contributed by atoms with E-state index < -0.39 is 5.97 Å². The second kappa shape index (κ2) is 6.71. The molecule has 1 unspecified atom stereocenters. The van der Waals surface area contributed by atoms with E-state index in [-0.39, 0.29) is 6.54 Å². The molecule has 1 aromatic rings. The lowest BCUT2D eigenvalue weighted by Gasteiger charge is -2.27. The smallest absolute Gasteiger partial charge is 0.317 e. The third-order valence-electron chi connectivity index (χ3n) is 3.84. The highest BCUT2D eigenvalue weighted by atomic mass is 16.4. The first-order chi connectivity index (χ1) is 9.15. The molecule has 1 saturated carbocycles. The first-order valence-corrected chi connectivity index (χ1v) is 7.15. The fourth-order valence-corrected chi connectivity index (χ4v) is 2.41. The maximum atomic E-state index is 10.9. The van der Waals surface area contributed by atoms with Crippen LogP contribution in [0.2, 0.25) is 0 Å². The van der Waals surface area contributed by atoms with Crippen LogP contribution in [0, 0.1) is 5.92 Å². The lowest BCUT2D eigenvalue weighted by Crippen LogP contribution is -2.39. The number of aliphatic carboxylic acids is 1. The molecule has 1 N–H and O–H groups in total. The van der Waals surface area contributed by atoms with Gasteiger partial charge in [0.15, 0.2) is 0 Å². The van der Waals surface area contributed by atoms with E-state index in [1.54, 1.807) is 0 Å². The highest BCUT2D eigenvalue weighted by Crippen LogP contribution is 2.30. The number of carbonyl (C=O) groups is 1. The van der Waals surface area contributed by atoms with E-state index in [1.807, 2.05) is 6.07 Å². The number of nitrogens with zero attached hydrogens (tertiary/aromatic N) is 1. The number of aryl methyl sites for hydroxylation is 1. The SMILES string of the molecule is CC(CCc1ccccc1)N(CC(=O)O)CC1CC1. The van der Waals surface area contributed by atoms with Crippen LogP contribution >= 0.6 is 0 Å². The summed E-state index contributed by atoms with van der Waals surface area (Å²) in [5, 5.41) is 9.01. The van der Waals surface area contributed by atoms with Gasteiger partial charge in [0.1, 0.15) is 0 Å². The van der Waals surface area contributed by atoms with Crippen LogP contribution in [0.25, 0.3) is 0 Å². The van der Waals surface area contributed by atoms with Gasteiger partial charge in [0.25, 0.3) is 0 Å². The highest BCUT2D eigenvalue weighted by molar-refractivity contribution is 5.69. The number of hydrogen-bond donors (Lipinski definition) is 1. The van der Waals surface area contributed by atoms with Crippen LogP contribution in [-0.2, 0) is 11.2 Å². The molecule has 1 aliphatic rings. The molecule has 2 rings (SSSR count). The van der Waals surface area contributed by atoms with Crippen molar-refractivity contribution in [3.63, 3.8) is 0 Å². The van der Waals surface area contributed by atoms with Gasteiger partial charge in [-0.15, -0.1) is 0 Å². The predicted octanol–water partition coefficient (Wildman–Crippen LogP) is 2.80. The lowest BCUT2D eigenvalue weighted by atomic mass is 10.0. The Bertz CT molecular complexity index is 400. The summed E-state index contributed by atoms with van der Waals surface area (Å²) in [6.45, 7) is 3.27. The van der Waals surface area contributed by atoms with Crippen LogP contribution in [0.3, 0.4) is 0 Å². The van der Waals surface area contributed by atoms with Crippen molar-refractivity contribution >= 4 is 5.97 Å². The van der Waals surface area contributed by atoms with E-state index in [1.165, 1.54) is 18.4 Å². The maximum Gasteiger partial charge on any atom is 0.317 e. The zero-order chi connectivity index (χ0) is 13.7. The average molecular weight is 261 g/mol. The molecular weight excluding hydrogens is 238 g/mol. The van der Waals surface area contributed by atoms with E-state index in [9.17, 15) is 4.79 Å². The first-order valence-electron chi connectivity index (χ1n) is 7.15. The molecule has 0 aromatic heterocycles. The van der Waals surface area contributed by atoms with Gasteiger partial charge in [-0.1, -0.05) is 30.3 Å². The number of benzene rings is 1. The first kappa shape index (κ1) is 14.1. The van der Waals surface area contributed by atoms with Gasteiger partial charge < -0.3 is 5.11 Å². The Balaban J connectivity index is 1.83. The number of hydrogen-bond acceptors (Lipinski definition) is 2. The number of carboxylic acid groups (broad SMARTS) is 1. The summed E-state index contributed by atoms with van der Waals surface area (Å²) in [6.07, 6.45) is 4.57. The highest BCUT2D eigenvalue weighted by Gasteiger charge is 2.27. The van der Waals surface area contributed by atoms with Crippen LogP contribution in [0.15, 0.2) is 30.3 Å². The summed E-state index contributed by atoms with van der Waals surface area (Å²) in [7, 11) is 0. The van der Waals surface area contributed by atoms with Gasteiger partial charge in [-0.3, -0.25) is 9.69 Å². The Morgan fingerprint density at radius 2 is 2.05 bits per heavy atom. The monoisotopic (exact) mass is 261 g/mol. The molecule has 0 radical (unpaired) electrons. The fraction of sp³-hybridized carbons (Fsp3) is 0.562. The van der Waals surface area contributed by atoms with Crippen molar-refractivity contribution < 1.29 is 9.90 Å². The molecular formula is C16H23NO2. The molecule has 0 amide bonds. The van der Waals surface area contributed by atoms with Gasteiger partial charge >= 0.3 is 5.97 Å². The van der Waals surface area contributed by atoms with Crippen LogP contribution in [0.4, 0.5) is 0 Å². The molecule has 104 valence electrons. The van der Waals surface area contributed by atoms with Gasteiger partial charge in [-0.2, -0.15) is 0 Å². The zero-order valence-electron chi connectivity index (χ0n) is 11.6. The molecule has 0 heterocycles. The quantitative estimate of drug-likeness (QED) is 0.782. The van der Waals surface area contributed by atoms with Crippen molar-refractivity contribution in [1.82, 2.24) is 4.90 Å². The molecule has 3 heteroatoms. The Hall–Kier alpha value is -1.35. The Morgan fingerprint density at radius 1 is 1.37 bits per heavy atom. The minimum Gasteiger partial charge on any atom is -0.480 e. The second-order valence-electron chi connectivity index (χ2n) is 5.64. The van der Waals surface area contributed by atoms with E-state index in [0.717, 1.165) is 25.3 Å². The minimum absolute atomic E-state index is 0.173. The largest absolute Gasteiger partial charge is 0.480 e. The molecule has 1 aliphatic carbocycles. The third-order valence-corrected chi connectivity index (χ3v) is 3.84. The summed E-state index contributed by atoms with van der Waals surface area (Å²) in [4.78, 5) is 13.1. The molecule has 3 nitrogen and oxygen atoms in total. The molecule has 1 fully saturated rings. The van der Waals surface area contributed by atoms with Crippen molar-refractivity contribution in [2.24, 2.45) is 5.92 Å². The maximum absolute atomic E-state index is 10.9. The van der Waals surface area contributed by atoms with Gasteiger partial charge in [0.05, 0.1) is 6.54 Å². The summed E-state index contributed by atoms with van der Waals surface area (Å²) in [6, 6.07) is 10.7. The lowest BCUT2D eigenvalue weighted by molar-refractivity contribution is -0.139. The summed E-state index contributed by atoms with van der Waals surface area (Å²) in [5.74, 6) is 0.0192. The zero-order valence-corrected chi connectivity index (χ0v) is 11.6. The Morgan fingerprint density at radius 3 is 2.63 bits per heavy atom. The second-order valence-corrected chi connectivity index (χ2v) is 5.64. The van der Waals surface area contributed by atoms with E-state index >= 15 is 0 Å². The molecule has 0 saturated heterocycles. The van der Waals surface area contributed by atoms with Gasteiger partial charge in [0, 0.05) is 12.6 Å². The average Bonchev–Trinajstić information content (AvgIpc) is 3.20. The molecule has 1 atom stereocenters. The summed E-state index contributed by atoms with van der Waals surface area (Å²) in [5.41, 5.74) is 1.33. The normalized spacial score (nSPS) is 16.5. The third kappa shape index (κ3) is 5.03. The van der Waals surface area contributed by atoms with Crippen LogP contribution in [0.1, 0.15) is 31.7 Å². The number of carboxylic acids is 1. The van der Waals surface area contributed by atoms with Crippen LogP contribution in [0.5, 0.6) is 0 Å². The molecule has 19 heavy (non-hydrogen) atoms. The standard InChI is InChI=1S/C16H23NO2/c1-13(7-8-14-5-3-2-4-6-14)17(12-16(18)19)11-15-9-10-15/h2-6,13,15H,7-12H2,1H3,(H,18,19). The van der Waals surface area contributed by atoms with Gasteiger partial charge in [0.2, 0.25) is 0 Å². The van der Waals surface area contributed by atoms with Crippen molar-refractivity contribution in [2.45, 2.75) is 38.6 Å². The van der Waals surface area contributed by atoms with Gasteiger partial charge in [-0.25, -0.2) is 0 Å². The van der Waals surface area contributed by atoms with Gasteiger partial charge in [-0.05, 0) is 44.1 Å². The molecule has 0 spiro atoms. The minimum atomic E-state index is -0.716. The van der Waals surface area contributed by atoms with Crippen molar-refractivity contribution in [3.8, 4) is 0 Å². The Kier molecular flexibility index (Phi) is 4.97. The van der Waals surface area contributed by atoms with E-state index in [0.29, 0.717) is 6.04 Å². The fourth-order valence-electron chi connectivity index (χ4n) is 2.41. The van der Waals surface area contributed by atoms with E-state index in [4.69, 9.17) is 5.11 Å². The van der Waals surface area contributed by atoms with E-state index in [2.05, 4.69) is 36.1 Å². The number of rotatable bonds is 8. The van der Waals surface area contributed by atoms with Crippen molar-refractivity contribution in [1.29, 1.82) is 0 Å². The summed E-state index contributed by atoms with van der Waals surface area (Å²) >= 11 is 0. The van der Waals surface area contributed by atoms with Crippen molar-refractivity contribution in [2.75, 3.05) is 13.1 Å². The van der Waals surface area contributed by atoms with Crippen LogP contribution < -0.4 is 0 Å². The Labute approximate surface area is 115 Å². The predicted molar refractivity (Wildman–Crippen MR) is 76.2 cm³/mol. The molecule has 0 bridgehead atoms.